The van der Waals surface area contributed by atoms with Crippen molar-refractivity contribution >= 4 is 18.5 Å². The van der Waals surface area contributed by atoms with Gasteiger partial charge in [-0.25, -0.2) is 0 Å². The van der Waals surface area contributed by atoms with Crippen molar-refractivity contribution in [3.05, 3.63) is 29.3 Å². The van der Waals surface area contributed by atoms with Gasteiger partial charge in [0, 0.05) is 18.0 Å². The Balaban J connectivity index is 2.26. The molecule has 0 saturated heterocycles. The van der Waals surface area contributed by atoms with Gasteiger partial charge >= 0.3 is 12.1 Å². The third-order valence-electron chi connectivity index (χ3n) is 2.95. The average molecular weight is 275 g/mol. The van der Waals surface area contributed by atoms with Crippen LogP contribution in [0.4, 0.5) is 13.2 Å². The highest BCUT2D eigenvalue weighted by Gasteiger charge is 2.42. The van der Waals surface area contributed by atoms with Crippen molar-refractivity contribution in [2.75, 3.05) is 6.54 Å². The van der Waals surface area contributed by atoms with Crippen LogP contribution in [0, 0.1) is 0 Å². The molecule has 2 rings (SSSR count). The highest BCUT2D eigenvalue weighted by Crippen LogP contribution is 2.25. The van der Waals surface area contributed by atoms with Crippen molar-refractivity contribution in [3.63, 3.8) is 0 Å². The Morgan fingerprint density at radius 1 is 1.28 bits per heavy atom. The summed E-state index contributed by atoms with van der Waals surface area (Å²) in [4.78, 5) is 12.8. The largest absolute Gasteiger partial charge is 0.471 e. The lowest BCUT2D eigenvalue weighted by Gasteiger charge is -2.22. The smallest absolute Gasteiger partial charge is 0.331 e. The third kappa shape index (κ3) is 2.80. The van der Waals surface area contributed by atoms with Crippen LogP contribution in [0.15, 0.2) is 23.1 Å². The van der Waals surface area contributed by atoms with Gasteiger partial charge in [0.15, 0.2) is 0 Å². The lowest BCUT2D eigenvalue weighted by Crippen LogP contribution is -2.40. The minimum absolute atomic E-state index is 0.00206. The van der Waals surface area contributed by atoms with Crippen molar-refractivity contribution < 1.29 is 18.0 Å². The molecule has 0 fully saturated rings. The van der Waals surface area contributed by atoms with Crippen molar-refractivity contribution in [3.8, 4) is 0 Å². The topological polar surface area (TPSA) is 20.3 Å². The summed E-state index contributed by atoms with van der Waals surface area (Å²) in [5.74, 6) is -1.76. The van der Waals surface area contributed by atoms with Crippen LogP contribution in [0.3, 0.4) is 0 Å². The highest BCUT2D eigenvalue weighted by atomic mass is 32.1. The summed E-state index contributed by atoms with van der Waals surface area (Å²) in [6, 6.07) is 5.39. The van der Waals surface area contributed by atoms with E-state index in [1.54, 1.807) is 6.07 Å². The van der Waals surface area contributed by atoms with Crippen LogP contribution in [0.25, 0.3) is 0 Å². The Kier molecular flexibility index (Phi) is 3.56. The number of amides is 1. The number of hydrogen-bond donors (Lipinski definition) is 1. The Morgan fingerprint density at radius 2 is 2.00 bits per heavy atom. The number of benzene rings is 1. The monoisotopic (exact) mass is 275 g/mol. The molecule has 0 aliphatic carbocycles. The summed E-state index contributed by atoms with van der Waals surface area (Å²) in [5.41, 5.74) is 1.74. The minimum Gasteiger partial charge on any atom is -0.331 e. The zero-order valence-electron chi connectivity index (χ0n) is 9.50. The molecule has 1 aliphatic heterocycles. The molecule has 6 heteroatoms. The van der Waals surface area contributed by atoms with E-state index in [9.17, 15) is 18.0 Å². The lowest BCUT2D eigenvalue weighted by molar-refractivity contribution is -0.186. The Morgan fingerprint density at radius 3 is 2.67 bits per heavy atom. The number of aryl methyl sites for hydroxylation is 1. The molecule has 0 N–H and O–H groups in total. The molecule has 0 radical (unpaired) electrons. The number of hydrogen-bond acceptors (Lipinski definition) is 2. The van der Waals surface area contributed by atoms with Gasteiger partial charge in [-0.2, -0.15) is 13.2 Å². The van der Waals surface area contributed by atoms with E-state index in [0.717, 1.165) is 16.0 Å². The van der Waals surface area contributed by atoms with Crippen LogP contribution >= 0.6 is 12.6 Å². The molecule has 1 amide bonds. The Bertz CT molecular complexity index is 473. The second-order valence-corrected chi connectivity index (χ2v) is 4.80. The maximum atomic E-state index is 12.4. The summed E-state index contributed by atoms with van der Waals surface area (Å²) in [5, 5.41) is 0. The molecule has 1 aromatic carbocycles. The average Bonchev–Trinajstić information content (AvgIpc) is 2.48. The van der Waals surface area contributed by atoms with Crippen molar-refractivity contribution in [2.24, 2.45) is 0 Å². The van der Waals surface area contributed by atoms with E-state index in [-0.39, 0.29) is 13.1 Å². The van der Waals surface area contributed by atoms with Crippen molar-refractivity contribution in [2.45, 2.75) is 30.5 Å². The molecule has 0 saturated carbocycles. The number of thiol groups is 1. The molecule has 18 heavy (non-hydrogen) atoms. The van der Waals surface area contributed by atoms with Crippen molar-refractivity contribution in [1.29, 1.82) is 0 Å². The van der Waals surface area contributed by atoms with E-state index in [1.807, 2.05) is 12.1 Å². The maximum absolute atomic E-state index is 12.4. The summed E-state index contributed by atoms with van der Waals surface area (Å²) < 4.78 is 37.2. The molecule has 98 valence electrons. The fourth-order valence-electron chi connectivity index (χ4n) is 2.10. The molecule has 0 atom stereocenters. The first-order valence-corrected chi connectivity index (χ1v) is 5.99. The first-order valence-electron chi connectivity index (χ1n) is 5.55. The molecule has 1 aromatic rings. The second-order valence-electron chi connectivity index (χ2n) is 4.28. The normalized spacial score (nSPS) is 16.1. The SMILES string of the molecule is O=C(N1CCCc2ccc(S)cc2C1)C(F)(F)F. The van der Waals surface area contributed by atoms with Gasteiger partial charge < -0.3 is 4.90 Å². The van der Waals surface area contributed by atoms with Gasteiger partial charge in [-0.15, -0.1) is 12.6 Å². The van der Waals surface area contributed by atoms with E-state index in [0.29, 0.717) is 17.7 Å². The second kappa shape index (κ2) is 4.84. The zero-order chi connectivity index (χ0) is 13.3. The van der Waals surface area contributed by atoms with Crippen LogP contribution in [-0.4, -0.2) is 23.5 Å². The first-order chi connectivity index (χ1) is 8.38. The van der Waals surface area contributed by atoms with E-state index in [4.69, 9.17) is 0 Å². The molecule has 1 heterocycles. The van der Waals surface area contributed by atoms with E-state index in [2.05, 4.69) is 12.6 Å². The summed E-state index contributed by atoms with van der Waals surface area (Å²) in [6.45, 7) is 0.136. The fraction of sp³-hybridized carbons (Fsp3) is 0.417. The quantitative estimate of drug-likeness (QED) is 0.722. The van der Waals surface area contributed by atoms with Crippen LogP contribution in [-0.2, 0) is 17.8 Å². The van der Waals surface area contributed by atoms with E-state index >= 15 is 0 Å². The maximum Gasteiger partial charge on any atom is 0.471 e. The summed E-state index contributed by atoms with van der Waals surface area (Å²) in [7, 11) is 0. The van der Waals surface area contributed by atoms with Crippen LogP contribution in [0.1, 0.15) is 17.5 Å². The predicted octanol–water partition coefficient (Wildman–Crippen LogP) is 2.81. The van der Waals surface area contributed by atoms with Gasteiger partial charge in [-0.05, 0) is 36.1 Å². The molecule has 2 nitrogen and oxygen atoms in total. The number of alkyl halides is 3. The van der Waals surface area contributed by atoms with Gasteiger partial charge in [-0.3, -0.25) is 4.79 Å². The Hall–Kier alpha value is -1.17. The van der Waals surface area contributed by atoms with Crippen molar-refractivity contribution in [1.82, 2.24) is 4.90 Å². The molecule has 0 unspecified atom stereocenters. The molecule has 0 aromatic heterocycles. The molecular formula is C12H12F3NOS. The van der Waals surface area contributed by atoms with Gasteiger partial charge in [-0.1, -0.05) is 6.07 Å². The standard InChI is InChI=1S/C12H12F3NOS/c13-12(14,15)11(17)16-5-1-2-8-3-4-10(18)6-9(8)7-16/h3-4,6,18H,1-2,5,7H2. The minimum atomic E-state index is -4.80. The van der Waals surface area contributed by atoms with Gasteiger partial charge in [0.1, 0.15) is 0 Å². The fourth-order valence-corrected chi connectivity index (χ4v) is 2.33. The number of rotatable bonds is 0. The van der Waals surface area contributed by atoms with E-state index in [1.165, 1.54) is 0 Å². The molecule has 0 spiro atoms. The van der Waals surface area contributed by atoms with Crippen LogP contribution < -0.4 is 0 Å². The molecule has 0 bridgehead atoms. The Labute approximate surface area is 108 Å². The predicted molar refractivity (Wildman–Crippen MR) is 63.5 cm³/mol. The van der Waals surface area contributed by atoms with E-state index < -0.39 is 12.1 Å². The first kappa shape index (κ1) is 13.3. The number of halogens is 3. The van der Waals surface area contributed by atoms with Gasteiger partial charge in [0.25, 0.3) is 0 Å². The zero-order valence-corrected chi connectivity index (χ0v) is 10.4. The summed E-state index contributed by atoms with van der Waals surface area (Å²) in [6.07, 6.45) is -3.57. The van der Waals surface area contributed by atoms with Crippen LogP contribution in [0.5, 0.6) is 0 Å². The van der Waals surface area contributed by atoms with Gasteiger partial charge in [0.05, 0.1) is 0 Å². The summed E-state index contributed by atoms with van der Waals surface area (Å²) >= 11 is 4.17. The number of fused-ring (bicyclic) bond motifs is 1. The lowest BCUT2D eigenvalue weighted by atomic mass is 10.0. The molecular weight excluding hydrogens is 263 g/mol. The molecule has 1 aliphatic rings. The van der Waals surface area contributed by atoms with Gasteiger partial charge in [0.2, 0.25) is 0 Å². The highest BCUT2D eigenvalue weighted by molar-refractivity contribution is 7.80. The third-order valence-corrected chi connectivity index (χ3v) is 3.23. The number of nitrogens with zero attached hydrogens (tertiary/aromatic N) is 1. The van der Waals surface area contributed by atoms with Crippen LogP contribution in [0.2, 0.25) is 0 Å². The number of carbonyl (C=O) groups is 1. The number of carbonyl (C=O) groups excluding carboxylic acids is 1.